The molecule has 3 unspecified atom stereocenters. The van der Waals surface area contributed by atoms with E-state index in [1.807, 2.05) is 44.2 Å². The summed E-state index contributed by atoms with van der Waals surface area (Å²) in [5.74, 6) is -0.0741. The van der Waals surface area contributed by atoms with Gasteiger partial charge in [0.25, 0.3) is 0 Å². The highest BCUT2D eigenvalue weighted by Crippen LogP contribution is 2.26. The van der Waals surface area contributed by atoms with Gasteiger partial charge in [-0.3, -0.25) is 0 Å². The minimum absolute atomic E-state index is 0.0210. The number of amides is 1. The van der Waals surface area contributed by atoms with E-state index in [4.69, 9.17) is 19.7 Å². The number of sulfonamides is 1. The fourth-order valence-corrected chi connectivity index (χ4v) is 6.16. The van der Waals surface area contributed by atoms with E-state index < -0.39 is 42.6 Å². The molecule has 0 aliphatic carbocycles. The van der Waals surface area contributed by atoms with Gasteiger partial charge in [-0.15, -0.1) is 9.42 Å². The molecule has 38 heavy (non-hydrogen) atoms. The zero-order chi connectivity index (χ0) is 27.7. The molecule has 13 heteroatoms. The van der Waals surface area contributed by atoms with Crippen LogP contribution in [0.1, 0.15) is 25.8 Å². The second-order valence-corrected chi connectivity index (χ2v) is 12.1. The first-order valence-corrected chi connectivity index (χ1v) is 14.9. The highest BCUT2D eigenvalue weighted by atomic mass is 32.2. The first-order chi connectivity index (χ1) is 18.0. The second-order valence-electron chi connectivity index (χ2n) is 9.50. The molecule has 0 aromatic heterocycles. The quantitative estimate of drug-likeness (QED) is 0.244. The molecule has 3 rings (SSSR count). The molecule has 0 radical (unpaired) electrons. The third kappa shape index (κ3) is 9.00. The molecule has 1 heterocycles. The number of nitrogen functional groups attached to an aromatic ring is 1. The van der Waals surface area contributed by atoms with Crippen LogP contribution in [0.3, 0.4) is 0 Å². The van der Waals surface area contributed by atoms with E-state index >= 15 is 0 Å². The number of nitrogens with zero attached hydrogens (tertiary/aromatic N) is 1. The smallest absolute Gasteiger partial charge is 0.444 e. The predicted octanol–water partition coefficient (Wildman–Crippen LogP) is 3.08. The Balaban J connectivity index is 1.92. The molecule has 1 fully saturated rings. The topological polar surface area (TPSA) is 157 Å². The van der Waals surface area contributed by atoms with E-state index in [0.717, 1.165) is 5.56 Å². The monoisotopic (exact) mass is 568 g/mol. The molecule has 2 aromatic rings. The zero-order valence-corrected chi connectivity index (χ0v) is 23.1. The van der Waals surface area contributed by atoms with Crippen LogP contribution < -0.4 is 11.1 Å². The molecule has 0 spiro atoms. The summed E-state index contributed by atoms with van der Waals surface area (Å²) in [5.41, 5.74) is 6.95. The number of rotatable bonds is 13. The van der Waals surface area contributed by atoms with Crippen molar-refractivity contribution in [2.45, 2.75) is 49.8 Å². The summed E-state index contributed by atoms with van der Waals surface area (Å²) in [6.07, 6.45) is -1.59. The van der Waals surface area contributed by atoms with Crippen LogP contribution >= 0.6 is 8.25 Å². The van der Waals surface area contributed by atoms with Crippen LogP contribution in [0, 0.1) is 5.92 Å². The Bertz CT molecular complexity index is 1160. The number of benzene rings is 2. The maximum Gasteiger partial charge on any atom is 0.695 e. The van der Waals surface area contributed by atoms with Gasteiger partial charge in [-0.1, -0.05) is 44.2 Å². The van der Waals surface area contributed by atoms with Crippen LogP contribution in [-0.2, 0) is 35.0 Å². The van der Waals surface area contributed by atoms with E-state index in [9.17, 15) is 22.7 Å². The normalized spacial score (nSPS) is 17.8. The summed E-state index contributed by atoms with van der Waals surface area (Å²) in [4.78, 5) is 22.5. The molecular weight excluding hydrogens is 533 g/mol. The summed E-state index contributed by atoms with van der Waals surface area (Å²) < 4.78 is 56.3. The molecule has 11 nitrogen and oxygen atoms in total. The van der Waals surface area contributed by atoms with Crippen LogP contribution in [0.15, 0.2) is 59.5 Å². The van der Waals surface area contributed by atoms with Gasteiger partial charge in [0.1, 0.15) is 6.10 Å². The average molecular weight is 569 g/mol. The Morgan fingerprint density at radius 2 is 1.87 bits per heavy atom. The lowest BCUT2D eigenvalue weighted by molar-refractivity contribution is 0.0689. The second kappa shape index (κ2) is 14.0. The molecule has 208 valence electrons. The van der Waals surface area contributed by atoms with Crippen molar-refractivity contribution in [2.24, 2.45) is 5.92 Å². The number of anilines is 1. The van der Waals surface area contributed by atoms with Crippen LogP contribution in [0.25, 0.3) is 0 Å². The minimum atomic E-state index is -4.04. The average Bonchev–Trinajstić information content (AvgIpc) is 3.36. The van der Waals surface area contributed by atoms with Gasteiger partial charge in [0, 0.05) is 29.8 Å². The number of nitrogens with one attached hydrogen (secondary N) is 1. The van der Waals surface area contributed by atoms with E-state index in [1.54, 1.807) is 0 Å². The van der Waals surface area contributed by atoms with Gasteiger partial charge in [0.05, 0.1) is 24.2 Å². The first kappa shape index (κ1) is 29.9. The molecule has 0 bridgehead atoms. The third-order valence-corrected chi connectivity index (χ3v) is 8.20. The van der Waals surface area contributed by atoms with Crippen molar-refractivity contribution >= 4 is 30.1 Å². The summed E-state index contributed by atoms with van der Waals surface area (Å²) >= 11 is 0. The molecule has 1 aliphatic rings. The van der Waals surface area contributed by atoms with Crippen LogP contribution in [0.5, 0.6) is 0 Å². The Morgan fingerprint density at radius 3 is 2.45 bits per heavy atom. The summed E-state index contributed by atoms with van der Waals surface area (Å²) in [6.45, 7) is 4.29. The zero-order valence-electron chi connectivity index (χ0n) is 21.4. The summed E-state index contributed by atoms with van der Waals surface area (Å²) in [5, 5.41) is 2.74. The number of alkyl carbamates (subject to hydrolysis) is 1. The SMILES string of the molecule is CC(C)CN(CC(O[P+](=O)O)C(Cc1ccccc1)NC(=O)O[C@H]1CCOC1)S(=O)(=O)c1ccc(N)cc1. The van der Waals surface area contributed by atoms with Gasteiger partial charge < -0.3 is 20.5 Å². The lowest BCUT2D eigenvalue weighted by Crippen LogP contribution is -2.52. The molecule has 0 saturated carbocycles. The van der Waals surface area contributed by atoms with E-state index in [1.165, 1.54) is 28.6 Å². The number of carbonyl (C=O) groups excluding carboxylic acids is 1. The van der Waals surface area contributed by atoms with Crippen molar-refractivity contribution < 1.29 is 36.7 Å². The van der Waals surface area contributed by atoms with Gasteiger partial charge in [-0.2, -0.15) is 4.31 Å². The number of nitrogens with two attached hydrogens (primary N) is 1. The molecule has 4 atom stereocenters. The fourth-order valence-electron chi connectivity index (χ4n) is 4.10. The van der Waals surface area contributed by atoms with Gasteiger partial charge in [0.15, 0.2) is 6.10 Å². The van der Waals surface area contributed by atoms with Gasteiger partial charge in [-0.25, -0.2) is 13.2 Å². The largest absolute Gasteiger partial charge is 0.695 e. The third-order valence-electron chi connectivity index (χ3n) is 5.91. The minimum Gasteiger partial charge on any atom is -0.444 e. The van der Waals surface area contributed by atoms with E-state index in [2.05, 4.69) is 5.32 Å². The molecule has 4 N–H and O–H groups in total. The van der Waals surface area contributed by atoms with E-state index in [-0.39, 0.29) is 36.9 Å². The Labute approximate surface area is 224 Å². The van der Waals surface area contributed by atoms with Gasteiger partial charge in [-0.05, 0) is 42.2 Å². The molecule has 1 amide bonds. The van der Waals surface area contributed by atoms with Crippen molar-refractivity contribution in [1.82, 2.24) is 9.62 Å². The maximum absolute atomic E-state index is 13.6. The fraction of sp³-hybridized carbons (Fsp3) is 0.480. The number of ether oxygens (including phenoxy) is 2. The lowest BCUT2D eigenvalue weighted by Gasteiger charge is -2.30. The van der Waals surface area contributed by atoms with Gasteiger partial charge >= 0.3 is 14.3 Å². The Hall–Kier alpha value is -2.60. The Kier molecular flexibility index (Phi) is 11.0. The maximum atomic E-state index is 13.6. The van der Waals surface area contributed by atoms with E-state index in [0.29, 0.717) is 18.7 Å². The highest BCUT2D eigenvalue weighted by Gasteiger charge is 2.38. The number of carbonyl (C=O) groups is 1. The van der Waals surface area contributed by atoms with Gasteiger partial charge in [0.2, 0.25) is 10.0 Å². The van der Waals surface area contributed by atoms with Crippen molar-refractivity contribution in [2.75, 3.05) is 32.0 Å². The van der Waals surface area contributed by atoms with Crippen molar-refractivity contribution in [1.29, 1.82) is 0 Å². The summed E-state index contributed by atoms with van der Waals surface area (Å²) in [7, 11) is -7.17. The van der Waals surface area contributed by atoms with Crippen LogP contribution in [0.4, 0.5) is 10.5 Å². The van der Waals surface area contributed by atoms with Crippen molar-refractivity contribution in [3.05, 3.63) is 60.2 Å². The number of hydrogen-bond acceptors (Lipinski definition) is 8. The van der Waals surface area contributed by atoms with Crippen molar-refractivity contribution in [3.8, 4) is 0 Å². The molecular formula is C25H35N3O8PS+. The lowest BCUT2D eigenvalue weighted by atomic mass is 10.0. The molecule has 2 aromatic carbocycles. The standard InChI is InChI=1S/C25H34N3O8PS/c1-18(2)15-28(38(32,33)22-10-8-20(26)9-11-22)16-24(36-37(30)31)23(14-19-6-4-3-5-7-19)27-25(29)35-21-12-13-34-17-21/h3-11,18,21,23-24H,12-17,26H2,1-2H3,(H-,27,29,30,31)/p+1/t21-,23?,24?/m0/s1. The Morgan fingerprint density at radius 1 is 1.18 bits per heavy atom. The molecule has 1 saturated heterocycles. The molecule has 1 aliphatic heterocycles. The van der Waals surface area contributed by atoms with Crippen molar-refractivity contribution in [3.63, 3.8) is 0 Å². The summed E-state index contributed by atoms with van der Waals surface area (Å²) in [6, 6.07) is 14.0. The predicted molar refractivity (Wildman–Crippen MR) is 142 cm³/mol. The van der Waals surface area contributed by atoms with Crippen LogP contribution in [-0.4, -0.2) is 68.3 Å². The highest BCUT2D eigenvalue weighted by molar-refractivity contribution is 7.89. The van der Waals surface area contributed by atoms with Crippen LogP contribution in [0.2, 0.25) is 0 Å². The number of hydrogen-bond donors (Lipinski definition) is 3. The first-order valence-electron chi connectivity index (χ1n) is 12.3.